The zero-order valence-corrected chi connectivity index (χ0v) is 12.4. The lowest BCUT2D eigenvalue weighted by molar-refractivity contribution is -0.123. The average Bonchev–Trinajstić information content (AvgIpc) is 2.39. The predicted octanol–water partition coefficient (Wildman–Crippen LogP) is 2.33. The molecule has 1 N–H and O–H groups in total. The fourth-order valence-corrected chi connectivity index (χ4v) is 1.83. The third-order valence-electron chi connectivity index (χ3n) is 3.02. The second-order valence-corrected chi connectivity index (χ2v) is 4.83. The lowest BCUT2D eigenvalue weighted by Crippen LogP contribution is -2.29. The van der Waals surface area contributed by atoms with Crippen molar-refractivity contribution in [2.75, 3.05) is 20.8 Å². The lowest BCUT2D eigenvalue weighted by Gasteiger charge is -2.14. The quantitative estimate of drug-likeness (QED) is 0.858. The molecule has 0 bridgehead atoms. The van der Waals surface area contributed by atoms with Crippen molar-refractivity contribution in [2.24, 2.45) is 5.92 Å². The van der Waals surface area contributed by atoms with Crippen LogP contribution in [0.1, 0.15) is 25.0 Å². The lowest BCUT2D eigenvalue weighted by atomic mass is 10.1. The summed E-state index contributed by atoms with van der Waals surface area (Å²) in [4.78, 5) is 11.5. The average molecular weight is 265 g/mol. The zero-order chi connectivity index (χ0) is 14.4. The number of benzene rings is 1. The maximum Gasteiger partial charge on any atom is 0.222 e. The van der Waals surface area contributed by atoms with Crippen LogP contribution >= 0.6 is 0 Å². The van der Waals surface area contributed by atoms with E-state index in [0.717, 1.165) is 29.0 Å². The second kappa shape index (κ2) is 7.02. The molecule has 0 spiro atoms. The normalized spacial score (nSPS) is 10.4. The van der Waals surface area contributed by atoms with Gasteiger partial charge in [-0.2, -0.15) is 0 Å². The van der Waals surface area contributed by atoms with Gasteiger partial charge in [-0.05, 0) is 36.6 Å². The van der Waals surface area contributed by atoms with E-state index in [0.29, 0.717) is 6.54 Å². The van der Waals surface area contributed by atoms with E-state index in [1.165, 1.54) is 0 Å². The largest absolute Gasteiger partial charge is 0.496 e. The third kappa shape index (κ3) is 4.16. The molecule has 0 atom stereocenters. The van der Waals surface area contributed by atoms with Gasteiger partial charge in [-0.3, -0.25) is 4.79 Å². The minimum absolute atomic E-state index is 0.00875. The maximum atomic E-state index is 11.5. The minimum Gasteiger partial charge on any atom is -0.496 e. The Bertz CT molecular complexity index is 441. The molecule has 0 unspecified atom stereocenters. The van der Waals surface area contributed by atoms with E-state index in [1.54, 1.807) is 14.2 Å². The Balaban J connectivity index is 2.74. The van der Waals surface area contributed by atoms with Crippen LogP contribution in [0.3, 0.4) is 0 Å². The van der Waals surface area contributed by atoms with Crippen molar-refractivity contribution in [1.29, 1.82) is 0 Å². The van der Waals surface area contributed by atoms with E-state index in [9.17, 15) is 4.79 Å². The van der Waals surface area contributed by atoms with Gasteiger partial charge in [0.2, 0.25) is 5.91 Å². The molecule has 19 heavy (non-hydrogen) atoms. The molecule has 0 fully saturated rings. The first kappa shape index (κ1) is 15.3. The standard InChI is InChI=1S/C15H23NO3/c1-10(2)15(17)16-7-6-12-9-13(18-4)11(3)8-14(12)19-5/h8-10H,6-7H2,1-5H3,(H,16,17). The molecule has 1 aromatic carbocycles. The zero-order valence-electron chi connectivity index (χ0n) is 12.4. The molecule has 4 heteroatoms. The Hall–Kier alpha value is -1.71. The van der Waals surface area contributed by atoms with Gasteiger partial charge >= 0.3 is 0 Å². The highest BCUT2D eigenvalue weighted by Crippen LogP contribution is 2.28. The number of amides is 1. The molecule has 0 aliphatic carbocycles. The fourth-order valence-electron chi connectivity index (χ4n) is 1.83. The van der Waals surface area contributed by atoms with E-state index in [-0.39, 0.29) is 11.8 Å². The summed E-state index contributed by atoms with van der Waals surface area (Å²) in [5.74, 6) is 1.75. The highest BCUT2D eigenvalue weighted by atomic mass is 16.5. The first-order valence-corrected chi connectivity index (χ1v) is 6.48. The minimum atomic E-state index is 0.00875. The van der Waals surface area contributed by atoms with Gasteiger partial charge < -0.3 is 14.8 Å². The molecule has 0 radical (unpaired) electrons. The van der Waals surface area contributed by atoms with Crippen LogP contribution in [0.2, 0.25) is 0 Å². The Kier molecular flexibility index (Phi) is 5.67. The van der Waals surface area contributed by atoms with Gasteiger partial charge in [0, 0.05) is 12.5 Å². The Morgan fingerprint density at radius 1 is 1.21 bits per heavy atom. The predicted molar refractivity (Wildman–Crippen MR) is 75.8 cm³/mol. The number of hydrogen-bond acceptors (Lipinski definition) is 3. The van der Waals surface area contributed by atoms with Gasteiger partial charge in [-0.1, -0.05) is 13.8 Å². The van der Waals surface area contributed by atoms with Crippen LogP contribution in [0.4, 0.5) is 0 Å². The van der Waals surface area contributed by atoms with Crippen molar-refractivity contribution in [3.63, 3.8) is 0 Å². The van der Waals surface area contributed by atoms with Crippen LogP contribution in [0.25, 0.3) is 0 Å². The molecule has 0 heterocycles. The molecule has 0 aliphatic heterocycles. The maximum absolute atomic E-state index is 11.5. The van der Waals surface area contributed by atoms with Crippen molar-refractivity contribution < 1.29 is 14.3 Å². The highest BCUT2D eigenvalue weighted by Gasteiger charge is 2.10. The molecule has 0 aromatic heterocycles. The summed E-state index contributed by atoms with van der Waals surface area (Å²) < 4.78 is 10.7. The van der Waals surface area contributed by atoms with Crippen LogP contribution in [0.5, 0.6) is 11.5 Å². The van der Waals surface area contributed by atoms with Crippen LogP contribution in [-0.4, -0.2) is 26.7 Å². The van der Waals surface area contributed by atoms with Gasteiger partial charge in [0.25, 0.3) is 0 Å². The molecule has 1 rings (SSSR count). The Morgan fingerprint density at radius 3 is 2.37 bits per heavy atom. The van der Waals surface area contributed by atoms with Crippen LogP contribution < -0.4 is 14.8 Å². The summed E-state index contributed by atoms with van der Waals surface area (Å²) in [6, 6.07) is 3.92. The third-order valence-corrected chi connectivity index (χ3v) is 3.02. The van der Waals surface area contributed by atoms with E-state index in [2.05, 4.69) is 5.32 Å². The van der Waals surface area contributed by atoms with Crippen molar-refractivity contribution in [3.8, 4) is 11.5 Å². The monoisotopic (exact) mass is 265 g/mol. The molecule has 4 nitrogen and oxygen atoms in total. The van der Waals surface area contributed by atoms with Crippen LogP contribution in [-0.2, 0) is 11.2 Å². The van der Waals surface area contributed by atoms with E-state index < -0.39 is 0 Å². The number of hydrogen-bond donors (Lipinski definition) is 1. The van der Waals surface area contributed by atoms with Gasteiger partial charge in [-0.25, -0.2) is 0 Å². The van der Waals surface area contributed by atoms with Crippen molar-refractivity contribution >= 4 is 5.91 Å². The molecule has 1 aromatic rings. The van der Waals surface area contributed by atoms with E-state index in [1.807, 2.05) is 32.9 Å². The topological polar surface area (TPSA) is 47.6 Å². The molecule has 0 saturated heterocycles. The summed E-state index contributed by atoms with van der Waals surface area (Å²) >= 11 is 0. The number of carbonyl (C=O) groups is 1. The number of aryl methyl sites for hydroxylation is 1. The highest BCUT2D eigenvalue weighted by molar-refractivity contribution is 5.77. The molecule has 106 valence electrons. The van der Waals surface area contributed by atoms with Gasteiger partial charge in [0.05, 0.1) is 14.2 Å². The number of methoxy groups -OCH3 is 2. The molecule has 1 amide bonds. The molecule has 0 aliphatic rings. The summed E-state index contributed by atoms with van der Waals surface area (Å²) in [5, 5.41) is 2.90. The number of ether oxygens (including phenoxy) is 2. The molecular weight excluding hydrogens is 242 g/mol. The smallest absolute Gasteiger partial charge is 0.222 e. The summed E-state index contributed by atoms with van der Waals surface area (Å²) in [6.07, 6.45) is 0.721. The summed E-state index contributed by atoms with van der Waals surface area (Å²) in [5.41, 5.74) is 2.07. The van der Waals surface area contributed by atoms with Gasteiger partial charge in [0.1, 0.15) is 11.5 Å². The number of rotatable bonds is 6. The molecule has 0 saturated carbocycles. The Labute approximate surface area is 115 Å². The summed E-state index contributed by atoms with van der Waals surface area (Å²) in [7, 11) is 3.30. The first-order valence-electron chi connectivity index (χ1n) is 6.48. The molecular formula is C15H23NO3. The van der Waals surface area contributed by atoms with Gasteiger partial charge in [-0.15, -0.1) is 0 Å². The first-order chi connectivity index (χ1) is 8.99. The van der Waals surface area contributed by atoms with Crippen LogP contribution in [0.15, 0.2) is 12.1 Å². The summed E-state index contributed by atoms with van der Waals surface area (Å²) in [6.45, 7) is 6.33. The van der Waals surface area contributed by atoms with Crippen molar-refractivity contribution in [1.82, 2.24) is 5.32 Å². The number of carbonyl (C=O) groups excluding carboxylic acids is 1. The second-order valence-electron chi connectivity index (χ2n) is 4.83. The fraction of sp³-hybridized carbons (Fsp3) is 0.533. The SMILES string of the molecule is COc1cc(CCNC(=O)C(C)C)c(OC)cc1C. The van der Waals surface area contributed by atoms with Gasteiger partial charge in [0.15, 0.2) is 0 Å². The van der Waals surface area contributed by atoms with Crippen molar-refractivity contribution in [2.45, 2.75) is 27.2 Å². The van der Waals surface area contributed by atoms with Crippen LogP contribution in [0, 0.1) is 12.8 Å². The van der Waals surface area contributed by atoms with E-state index >= 15 is 0 Å². The van der Waals surface area contributed by atoms with Crippen molar-refractivity contribution in [3.05, 3.63) is 23.3 Å². The number of nitrogens with one attached hydrogen (secondary N) is 1. The van der Waals surface area contributed by atoms with E-state index in [4.69, 9.17) is 9.47 Å². The Morgan fingerprint density at radius 2 is 1.84 bits per heavy atom.